The summed E-state index contributed by atoms with van der Waals surface area (Å²) in [7, 11) is 1.03. The quantitative estimate of drug-likeness (QED) is 0.326. The lowest BCUT2D eigenvalue weighted by Crippen LogP contribution is -2.30. The molecule has 0 aromatic heterocycles. The predicted octanol–water partition coefficient (Wildman–Crippen LogP) is 5.58. The van der Waals surface area contributed by atoms with Crippen LogP contribution in [0.2, 0.25) is 11.1 Å². The number of hydrogen-bond acceptors (Lipinski definition) is 2. The maximum Gasteiger partial charge on any atom is 0.217 e. The Morgan fingerprint density at radius 3 is 1.85 bits per heavy atom. The Hall–Kier alpha value is 0.137. The smallest absolute Gasteiger partial charge is 0.217 e. The van der Waals surface area contributed by atoms with Crippen molar-refractivity contribution >= 4 is 9.04 Å². The minimum Gasteiger partial charge on any atom is -0.414 e. The molecule has 0 amide bonds. The van der Waals surface area contributed by atoms with E-state index in [4.69, 9.17) is 9.16 Å². The average molecular weight is 302 g/mol. The fraction of sp³-hybridized carbons (Fsp3) is 1.00. The van der Waals surface area contributed by atoms with E-state index >= 15 is 0 Å². The minimum atomic E-state index is -0.714. The molecule has 0 bridgehead atoms. The standard InChI is InChI=1S/C17H37O2Si/c1-6-7-8-9-10-11-12-13-16-20(17(2,3)4)19-15-14-18-5/h6-16H2,1-5H3. The van der Waals surface area contributed by atoms with E-state index in [-0.39, 0.29) is 0 Å². The molecule has 0 unspecified atom stereocenters. The number of hydrogen-bond donors (Lipinski definition) is 0. The second-order valence-corrected chi connectivity index (χ2v) is 9.87. The van der Waals surface area contributed by atoms with Crippen molar-refractivity contribution in [3.05, 3.63) is 0 Å². The Morgan fingerprint density at radius 1 is 0.800 bits per heavy atom. The maximum absolute atomic E-state index is 6.08. The second-order valence-electron chi connectivity index (χ2n) is 6.74. The van der Waals surface area contributed by atoms with Crippen molar-refractivity contribution in [2.24, 2.45) is 0 Å². The van der Waals surface area contributed by atoms with Crippen molar-refractivity contribution in [2.45, 2.75) is 90.1 Å². The van der Waals surface area contributed by atoms with Gasteiger partial charge in [-0.1, -0.05) is 79.1 Å². The SMILES string of the molecule is CCCCCCCCCC[Si](OCCOC)C(C)(C)C. The van der Waals surface area contributed by atoms with Gasteiger partial charge in [-0.3, -0.25) is 0 Å². The topological polar surface area (TPSA) is 18.5 Å². The minimum absolute atomic E-state index is 0.333. The lowest BCUT2D eigenvalue weighted by molar-refractivity contribution is 0.142. The fourth-order valence-electron chi connectivity index (χ4n) is 2.33. The van der Waals surface area contributed by atoms with Crippen molar-refractivity contribution in [3.8, 4) is 0 Å². The van der Waals surface area contributed by atoms with Gasteiger partial charge in [0, 0.05) is 7.11 Å². The van der Waals surface area contributed by atoms with Gasteiger partial charge in [0.25, 0.3) is 0 Å². The van der Waals surface area contributed by atoms with Gasteiger partial charge >= 0.3 is 0 Å². The molecule has 0 aliphatic rings. The summed E-state index contributed by atoms with van der Waals surface area (Å²) in [6, 6.07) is 1.28. The van der Waals surface area contributed by atoms with E-state index in [0.29, 0.717) is 5.04 Å². The molecule has 0 spiro atoms. The van der Waals surface area contributed by atoms with Crippen molar-refractivity contribution in [2.75, 3.05) is 20.3 Å². The van der Waals surface area contributed by atoms with Gasteiger partial charge in [-0.15, -0.1) is 0 Å². The summed E-state index contributed by atoms with van der Waals surface area (Å²) in [5.74, 6) is 0. The van der Waals surface area contributed by atoms with Gasteiger partial charge in [0.05, 0.1) is 13.2 Å². The van der Waals surface area contributed by atoms with Gasteiger partial charge in [-0.2, -0.15) is 0 Å². The van der Waals surface area contributed by atoms with Crippen LogP contribution in [-0.2, 0) is 9.16 Å². The van der Waals surface area contributed by atoms with Crippen molar-refractivity contribution in [1.29, 1.82) is 0 Å². The molecule has 0 fully saturated rings. The highest BCUT2D eigenvalue weighted by atomic mass is 28.3. The first kappa shape index (κ1) is 20.1. The molecular weight excluding hydrogens is 264 g/mol. The molecule has 0 N–H and O–H groups in total. The first-order chi connectivity index (χ1) is 9.52. The number of rotatable bonds is 13. The fourth-order valence-corrected chi connectivity index (χ4v) is 4.56. The van der Waals surface area contributed by atoms with E-state index in [1.807, 2.05) is 0 Å². The molecule has 0 aliphatic carbocycles. The number of unbranched alkanes of at least 4 members (excludes halogenated alkanes) is 7. The molecule has 0 aromatic carbocycles. The van der Waals surface area contributed by atoms with Crippen LogP contribution in [0.4, 0.5) is 0 Å². The zero-order valence-corrected chi connectivity index (χ0v) is 15.6. The Bertz CT molecular complexity index is 202. The van der Waals surface area contributed by atoms with E-state index in [1.54, 1.807) is 7.11 Å². The molecule has 0 heterocycles. The van der Waals surface area contributed by atoms with Crippen LogP contribution in [0.15, 0.2) is 0 Å². The van der Waals surface area contributed by atoms with Gasteiger partial charge < -0.3 is 9.16 Å². The summed E-state index contributed by atoms with van der Waals surface area (Å²) < 4.78 is 11.2. The molecule has 3 heteroatoms. The third-order valence-electron chi connectivity index (χ3n) is 3.66. The van der Waals surface area contributed by atoms with E-state index in [1.165, 1.54) is 57.4 Å². The molecule has 0 rings (SSSR count). The van der Waals surface area contributed by atoms with E-state index in [0.717, 1.165) is 13.2 Å². The molecule has 0 aliphatic heterocycles. The zero-order chi connectivity index (χ0) is 15.3. The summed E-state index contributed by atoms with van der Waals surface area (Å²) in [5, 5.41) is 0.333. The highest BCUT2D eigenvalue weighted by molar-refractivity contribution is 6.55. The molecule has 2 nitrogen and oxygen atoms in total. The van der Waals surface area contributed by atoms with E-state index in [2.05, 4.69) is 27.7 Å². The van der Waals surface area contributed by atoms with Crippen molar-refractivity contribution in [3.63, 3.8) is 0 Å². The van der Waals surface area contributed by atoms with Crippen LogP contribution in [0.1, 0.15) is 79.1 Å². The molecule has 20 heavy (non-hydrogen) atoms. The Balaban J connectivity index is 3.64. The van der Waals surface area contributed by atoms with Crippen LogP contribution in [0.25, 0.3) is 0 Å². The first-order valence-electron chi connectivity index (χ1n) is 8.50. The van der Waals surface area contributed by atoms with Crippen molar-refractivity contribution < 1.29 is 9.16 Å². The molecule has 0 atom stereocenters. The second kappa shape index (κ2) is 12.8. The number of methoxy groups -OCH3 is 1. The lowest BCUT2D eigenvalue weighted by Gasteiger charge is -2.28. The summed E-state index contributed by atoms with van der Waals surface area (Å²) in [6.45, 7) is 10.7. The van der Waals surface area contributed by atoms with Gasteiger partial charge in [0.1, 0.15) is 0 Å². The third-order valence-corrected chi connectivity index (χ3v) is 6.69. The van der Waals surface area contributed by atoms with Crippen LogP contribution in [0.3, 0.4) is 0 Å². The van der Waals surface area contributed by atoms with Crippen LogP contribution >= 0.6 is 0 Å². The highest BCUT2D eigenvalue weighted by Crippen LogP contribution is 2.31. The van der Waals surface area contributed by atoms with Crippen LogP contribution in [-0.4, -0.2) is 29.4 Å². The van der Waals surface area contributed by atoms with Gasteiger partial charge in [0.2, 0.25) is 9.04 Å². The Labute approximate surface area is 129 Å². The summed E-state index contributed by atoms with van der Waals surface area (Å²) in [4.78, 5) is 0. The highest BCUT2D eigenvalue weighted by Gasteiger charge is 2.28. The maximum atomic E-state index is 6.08. The average Bonchev–Trinajstić information content (AvgIpc) is 2.38. The zero-order valence-electron chi connectivity index (χ0n) is 14.6. The lowest BCUT2D eigenvalue weighted by atomic mass is 10.1. The molecule has 0 saturated carbocycles. The Kier molecular flexibility index (Phi) is 12.9. The molecule has 121 valence electrons. The van der Waals surface area contributed by atoms with E-state index < -0.39 is 9.04 Å². The predicted molar refractivity (Wildman–Crippen MR) is 90.7 cm³/mol. The van der Waals surface area contributed by atoms with Crippen molar-refractivity contribution in [1.82, 2.24) is 0 Å². The van der Waals surface area contributed by atoms with E-state index in [9.17, 15) is 0 Å². The van der Waals surface area contributed by atoms with Gasteiger partial charge in [-0.05, 0) is 11.1 Å². The van der Waals surface area contributed by atoms with Crippen LogP contribution in [0.5, 0.6) is 0 Å². The number of ether oxygens (including phenoxy) is 1. The summed E-state index contributed by atoms with van der Waals surface area (Å²) in [5.41, 5.74) is 0. The van der Waals surface area contributed by atoms with Crippen LogP contribution < -0.4 is 0 Å². The third kappa shape index (κ3) is 11.9. The van der Waals surface area contributed by atoms with Gasteiger partial charge in [-0.25, -0.2) is 0 Å². The monoisotopic (exact) mass is 301 g/mol. The molecule has 0 aromatic rings. The van der Waals surface area contributed by atoms with Gasteiger partial charge in [0.15, 0.2) is 0 Å². The van der Waals surface area contributed by atoms with Crippen LogP contribution in [0, 0.1) is 0 Å². The molecule has 1 radical (unpaired) electrons. The normalized spacial score (nSPS) is 12.3. The Morgan fingerprint density at radius 2 is 1.35 bits per heavy atom. The molecule has 0 saturated heterocycles. The summed E-state index contributed by atoms with van der Waals surface area (Å²) in [6.07, 6.45) is 11.1. The molecular formula is C17H37O2Si. The first-order valence-corrected chi connectivity index (χ1v) is 10.1. The summed E-state index contributed by atoms with van der Waals surface area (Å²) >= 11 is 0. The largest absolute Gasteiger partial charge is 0.414 e.